The molecule has 0 bridgehead atoms. The van der Waals surface area contributed by atoms with Gasteiger partial charge < -0.3 is 13.9 Å². The summed E-state index contributed by atoms with van der Waals surface area (Å²) in [7, 11) is -1.52. The SMILES string of the molecule is COc1cccc(OC)c1-n1c(NS(=O)(=O)CC(C)(F)c2ncc(C#N)cn2)nnc1-c1ccc(C)o1. The van der Waals surface area contributed by atoms with Crippen molar-refractivity contribution in [3.63, 3.8) is 0 Å². The third-order valence-corrected chi connectivity index (χ3v) is 6.62. The number of nitriles is 1. The predicted octanol–water partition coefficient (Wildman–Crippen LogP) is 3.14. The molecule has 14 heteroatoms. The third-order valence-electron chi connectivity index (χ3n) is 5.20. The van der Waals surface area contributed by atoms with Gasteiger partial charge in [-0.05, 0) is 38.1 Å². The van der Waals surface area contributed by atoms with E-state index in [-0.39, 0.29) is 23.0 Å². The van der Waals surface area contributed by atoms with Crippen LogP contribution in [0, 0.1) is 18.3 Å². The molecule has 0 saturated heterocycles. The molecule has 0 radical (unpaired) electrons. The van der Waals surface area contributed by atoms with Gasteiger partial charge in [0.05, 0.1) is 19.8 Å². The molecule has 1 atom stereocenters. The van der Waals surface area contributed by atoms with Crippen LogP contribution in [-0.2, 0) is 15.7 Å². The number of benzene rings is 1. The fraction of sp³-hybridized carbons (Fsp3) is 0.261. The highest BCUT2D eigenvalue weighted by molar-refractivity contribution is 7.92. The summed E-state index contributed by atoms with van der Waals surface area (Å²) in [5, 5.41) is 17.0. The molecular weight excluding hydrogens is 505 g/mol. The Morgan fingerprint density at radius 3 is 2.32 bits per heavy atom. The number of nitrogens with zero attached hydrogens (tertiary/aromatic N) is 6. The molecule has 3 heterocycles. The number of nitrogens with one attached hydrogen (secondary N) is 1. The summed E-state index contributed by atoms with van der Waals surface area (Å²) < 4.78 is 62.0. The second-order valence-electron chi connectivity index (χ2n) is 8.07. The molecule has 0 aliphatic carbocycles. The minimum absolute atomic E-state index is 0.111. The first-order chi connectivity index (χ1) is 17.6. The van der Waals surface area contributed by atoms with E-state index in [0.717, 1.165) is 19.3 Å². The number of halogens is 1. The van der Waals surface area contributed by atoms with Gasteiger partial charge in [0.2, 0.25) is 21.8 Å². The first-order valence-electron chi connectivity index (χ1n) is 10.7. The van der Waals surface area contributed by atoms with Gasteiger partial charge in [-0.2, -0.15) is 5.26 Å². The minimum atomic E-state index is -4.40. The molecule has 1 unspecified atom stereocenters. The lowest BCUT2D eigenvalue weighted by Gasteiger charge is -2.20. The van der Waals surface area contributed by atoms with Gasteiger partial charge in [-0.3, -0.25) is 9.29 Å². The molecule has 1 aromatic carbocycles. The molecule has 12 nitrogen and oxygen atoms in total. The van der Waals surface area contributed by atoms with Crippen molar-refractivity contribution in [2.75, 3.05) is 24.7 Å². The third kappa shape index (κ3) is 5.21. The fourth-order valence-corrected chi connectivity index (χ4v) is 4.91. The van der Waals surface area contributed by atoms with Crippen molar-refractivity contribution in [3.05, 3.63) is 59.9 Å². The van der Waals surface area contributed by atoms with E-state index in [0.29, 0.717) is 23.0 Å². The molecule has 4 aromatic rings. The van der Waals surface area contributed by atoms with Crippen LogP contribution in [0.4, 0.5) is 10.3 Å². The molecule has 0 spiro atoms. The second-order valence-corrected chi connectivity index (χ2v) is 9.79. The highest BCUT2D eigenvalue weighted by Crippen LogP contribution is 2.38. The Hall–Kier alpha value is -4.51. The minimum Gasteiger partial charge on any atom is -0.494 e. The Morgan fingerprint density at radius 2 is 1.78 bits per heavy atom. The molecule has 37 heavy (non-hydrogen) atoms. The number of rotatable bonds is 9. The van der Waals surface area contributed by atoms with Gasteiger partial charge in [0, 0.05) is 12.4 Å². The van der Waals surface area contributed by atoms with E-state index >= 15 is 4.39 Å². The highest BCUT2D eigenvalue weighted by atomic mass is 32.2. The quantitative estimate of drug-likeness (QED) is 0.343. The molecule has 0 amide bonds. The summed E-state index contributed by atoms with van der Waals surface area (Å²) in [5.41, 5.74) is -2.09. The number of ether oxygens (including phenoxy) is 2. The van der Waals surface area contributed by atoms with E-state index < -0.39 is 27.3 Å². The first-order valence-corrected chi connectivity index (χ1v) is 12.4. The van der Waals surface area contributed by atoms with Crippen molar-refractivity contribution in [2.45, 2.75) is 19.5 Å². The van der Waals surface area contributed by atoms with Crippen LogP contribution >= 0.6 is 0 Å². The lowest BCUT2D eigenvalue weighted by atomic mass is 10.1. The van der Waals surface area contributed by atoms with Crippen molar-refractivity contribution in [1.82, 2.24) is 24.7 Å². The Bertz CT molecular complexity index is 1550. The van der Waals surface area contributed by atoms with Crippen LogP contribution in [0.15, 0.2) is 47.1 Å². The van der Waals surface area contributed by atoms with Crippen molar-refractivity contribution >= 4 is 16.0 Å². The summed E-state index contributed by atoms with van der Waals surface area (Å²) in [6, 6.07) is 10.2. The van der Waals surface area contributed by atoms with Crippen molar-refractivity contribution < 1.29 is 26.7 Å². The van der Waals surface area contributed by atoms with E-state index in [9.17, 15) is 8.42 Å². The summed E-state index contributed by atoms with van der Waals surface area (Å²) in [5.74, 6) is -0.0152. The molecule has 0 saturated carbocycles. The number of anilines is 1. The van der Waals surface area contributed by atoms with Crippen molar-refractivity contribution in [1.29, 1.82) is 5.26 Å². The standard InChI is InChI=1S/C23H22FN7O5S/c1-14-8-9-18(36-14)20-28-29-22(31(20)19-16(34-3)6-5-7-17(19)35-4)30-37(32,33)13-23(2,24)21-26-11-15(10-25)12-27-21/h5-9,11-12H,13H2,1-4H3,(H,29,30). The first kappa shape index (κ1) is 25.6. The van der Waals surface area contributed by atoms with Gasteiger partial charge in [-0.25, -0.2) is 22.8 Å². The Morgan fingerprint density at radius 1 is 1.14 bits per heavy atom. The average Bonchev–Trinajstić information content (AvgIpc) is 3.48. The molecular formula is C23H22FN7O5S. The van der Waals surface area contributed by atoms with E-state index in [4.69, 9.17) is 19.2 Å². The summed E-state index contributed by atoms with van der Waals surface area (Å²) in [4.78, 5) is 7.58. The van der Waals surface area contributed by atoms with Gasteiger partial charge in [0.1, 0.15) is 34.8 Å². The zero-order chi connectivity index (χ0) is 26.8. The average molecular weight is 528 g/mol. The highest BCUT2D eigenvalue weighted by Gasteiger charge is 2.37. The van der Waals surface area contributed by atoms with Crippen LogP contribution in [0.1, 0.15) is 24.1 Å². The van der Waals surface area contributed by atoms with Crippen LogP contribution in [0.3, 0.4) is 0 Å². The number of methoxy groups -OCH3 is 2. The van der Waals surface area contributed by atoms with E-state index in [1.165, 1.54) is 18.8 Å². The smallest absolute Gasteiger partial charge is 0.243 e. The number of sulfonamides is 1. The zero-order valence-corrected chi connectivity index (χ0v) is 21.1. The zero-order valence-electron chi connectivity index (χ0n) is 20.3. The number of alkyl halides is 1. The molecule has 0 fully saturated rings. The van der Waals surface area contributed by atoms with Gasteiger partial charge in [0.25, 0.3) is 0 Å². The molecule has 0 aliphatic heterocycles. The van der Waals surface area contributed by atoms with Crippen LogP contribution in [0.5, 0.6) is 11.5 Å². The lowest BCUT2D eigenvalue weighted by molar-refractivity contribution is 0.210. The Balaban J connectivity index is 1.78. The molecule has 3 aromatic heterocycles. The maximum Gasteiger partial charge on any atom is 0.243 e. The van der Waals surface area contributed by atoms with E-state index in [1.54, 1.807) is 37.3 Å². The van der Waals surface area contributed by atoms with Crippen LogP contribution < -0.4 is 14.2 Å². The van der Waals surface area contributed by atoms with Crippen molar-refractivity contribution in [3.8, 4) is 34.8 Å². The van der Waals surface area contributed by atoms with Gasteiger partial charge in [-0.15, -0.1) is 10.2 Å². The number of hydrogen-bond acceptors (Lipinski definition) is 10. The number of aryl methyl sites for hydroxylation is 1. The number of hydrogen-bond donors (Lipinski definition) is 1. The second kappa shape index (κ2) is 9.86. The predicted molar refractivity (Wildman–Crippen MR) is 130 cm³/mol. The fourth-order valence-electron chi connectivity index (χ4n) is 3.58. The summed E-state index contributed by atoms with van der Waals surface area (Å²) in [6.45, 7) is 2.77. The normalized spacial score (nSPS) is 13.0. The van der Waals surface area contributed by atoms with Gasteiger partial charge in [-0.1, -0.05) is 6.07 Å². The van der Waals surface area contributed by atoms with Crippen LogP contribution in [0.25, 0.3) is 17.3 Å². The maximum absolute atomic E-state index is 15.5. The van der Waals surface area contributed by atoms with Crippen LogP contribution in [-0.4, -0.2) is 53.1 Å². The largest absolute Gasteiger partial charge is 0.494 e. The monoisotopic (exact) mass is 527 g/mol. The van der Waals surface area contributed by atoms with Gasteiger partial charge >= 0.3 is 0 Å². The molecule has 1 N–H and O–H groups in total. The maximum atomic E-state index is 15.5. The van der Waals surface area contributed by atoms with E-state index in [1.807, 2.05) is 6.07 Å². The molecule has 192 valence electrons. The number of para-hydroxylation sites is 1. The lowest BCUT2D eigenvalue weighted by Crippen LogP contribution is -2.33. The topological polar surface area (TPSA) is 158 Å². The van der Waals surface area contributed by atoms with E-state index in [2.05, 4.69) is 24.9 Å². The summed E-state index contributed by atoms with van der Waals surface area (Å²) >= 11 is 0. The Kier molecular flexibility index (Phi) is 6.82. The number of furan rings is 1. The van der Waals surface area contributed by atoms with Gasteiger partial charge in [0.15, 0.2) is 17.3 Å². The Labute approximate surface area is 211 Å². The number of aromatic nitrogens is 5. The van der Waals surface area contributed by atoms with Crippen molar-refractivity contribution in [2.24, 2.45) is 0 Å². The molecule has 0 aliphatic rings. The molecule has 4 rings (SSSR count). The van der Waals surface area contributed by atoms with Crippen LogP contribution in [0.2, 0.25) is 0 Å². The summed E-state index contributed by atoms with van der Waals surface area (Å²) in [6.07, 6.45) is 2.23.